The van der Waals surface area contributed by atoms with Crippen molar-refractivity contribution in [2.45, 2.75) is 35.5 Å². The first-order valence-corrected chi connectivity index (χ1v) is 10.9. The third kappa shape index (κ3) is 3.01. The maximum Gasteiger partial charge on any atom is 0.0247 e. The van der Waals surface area contributed by atoms with E-state index in [1.54, 1.807) is 11.1 Å². The van der Waals surface area contributed by atoms with E-state index in [1.165, 1.54) is 57.6 Å². The van der Waals surface area contributed by atoms with E-state index in [2.05, 4.69) is 63.3 Å². The molecule has 2 aliphatic heterocycles. The Morgan fingerprint density at radius 2 is 1.64 bits per heavy atom. The molecule has 0 saturated heterocycles. The van der Waals surface area contributed by atoms with Crippen LogP contribution in [0.2, 0.25) is 0 Å². The van der Waals surface area contributed by atoms with Crippen molar-refractivity contribution >= 4 is 38.8 Å². The highest BCUT2D eigenvalue weighted by atomic mass is 79.9. The topological polar surface area (TPSA) is 3.24 Å². The van der Waals surface area contributed by atoms with Gasteiger partial charge in [-0.25, -0.2) is 0 Å². The van der Waals surface area contributed by atoms with Crippen molar-refractivity contribution in [3.63, 3.8) is 0 Å². The highest BCUT2D eigenvalue weighted by Crippen LogP contribution is 2.47. The minimum atomic E-state index is 0.912. The van der Waals surface area contributed by atoms with Crippen molar-refractivity contribution in [2.75, 3.05) is 19.6 Å². The highest BCUT2D eigenvalue weighted by molar-refractivity contribution is 9.10. The fraction of sp³-hybridized carbons (Fsp3) is 0.364. The van der Waals surface area contributed by atoms with Crippen molar-refractivity contribution in [3.8, 4) is 0 Å². The molecule has 3 heteroatoms. The van der Waals surface area contributed by atoms with Gasteiger partial charge < -0.3 is 0 Å². The van der Waals surface area contributed by atoms with Crippen LogP contribution < -0.4 is 0 Å². The number of nitrogens with zero attached hydrogens (tertiary/aromatic N) is 1. The van der Waals surface area contributed by atoms with Gasteiger partial charge in [0.15, 0.2) is 0 Å². The van der Waals surface area contributed by atoms with Gasteiger partial charge in [-0.2, -0.15) is 0 Å². The molecule has 1 saturated carbocycles. The Balaban J connectivity index is 1.56. The van der Waals surface area contributed by atoms with Crippen LogP contribution in [-0.2, 0) is 0 Å². The van der Waals surface area contributed by atoms with Crippen molar-refractivity contribution in [2.24, 2.45) is 5.92 Å². The Kier molecular flexibility index (Phi) is 4.27. The quantitative estimate of drug-likeness (QED) is 0.567. The number of hydrogen-bond acceptors (Lipinski definition) is 2. The molecule has 1 aliphatic carbocycles. The number of fused-ring (bicyclic) bond motifs is 4. The summed E-state index contributed by atoms with van der Waals surface area (Å²) in [5, 5.41) is 0. The molecule has 2 aromatic carbocycles. The van der Waals surface area contributed by atoms with Gasteiger partial charge in [0, 0.05) is 33.9 Å². The molecule has 25 heavy (non-hydrogen) atoms. The Morgan fingerprint density at radius 1 is 0.920 bits per heavy atom. The van der Waals surface area contributed by atoms with Gasteiger partial charge in [-0.3, -0.25) is 4.90 Å². The molecule has 2 aromatic rings. The molecule has 0 bridgehead atoms. The minimum absolute atomic E-state index is 0.912. The lowest BCUT2D eigenvalue weighted by molar-refractivity contribution is 0.294. The van der Waals surface area contributed by atoms with Gasteiger partial charge in [-0.15, -0.1) is 0 Å². The van der Waals surface area contributed by atoms with Crippen LogP contribution in [-0.4, -0.2) is 24.5 Å². The Hall–Kier alpha value is -1.03. The summed E-state index contributed by atoms with van der Waals surface area (Å²) in [5.74, 6) is 0.912. The van der Waals surface area contributed by atoms with Gasteiger partial charge in [-0.05, 0) is 65.3 Å². The molecule has 3 aliphatic rings. The number of hydrogen-bond donors (Lipinski definition) is 0. The fourth-order valence-electron chi connectivity index (χ4n) is 4.63. The second kappa shape index (κ2) is 6.61. The first-order chi connectivity index (χ1) is 12.3. The molecular formula is C22H22BrNS. The predicted molar refractivity (Wildman–Crippen MR) is 110 cm³/mol. The zero-order valence-corrected chi connectivity index (χ0v) is 16.7. The van der Waals surface area contributed by atoms with Crippen LogP contribution in [0.3, 0.4) is 0 Å². The Bertz CT molecular complexity index is 851. The van der Waals surface area contributed by atoms with Gasteiger partial charge in [0.1, 0.15) is 0 Å². The summed E-state index contributed by atoms with van der Waals surface area (Å²) in [6.07, 6.45) is 5.72. The van der Waals surface area contributed by atoms with Crippen molar-refractivity contribution < 1.29 is 0 Å². The SMILES string of the molecule is Brc1ccc2c(c1)C1=C(CN(CC3CCCC3)C1)c1ccccc1S2. The summed E-state index contributed by atoms with van der Waals surface area (Å²) >= 11 is 5.61. The van der Waals surface area contributed by atoms with Crippen molar-refractivity contribution in [1.82, 2.24) is 4.90 Å². The molecular weight excluding hydrogens is 390 g/mol. The zero-order chi connectivity index (χ0) is 16.8. The summed E-state index contributed by atoms with van der Waals surface area (Å²) in [4.78, 5) is 5.49. The van der Waals surface area contributed by atoms with Crippen LogP contribution in [0.4, 0.5) is 0 Å². The molecule has 1 nitrogen and oxygen atoms in total. The number of rotatable bonds is 2. The molecule has 1 fully saturated rings. The lowest BCUT2D eigenvalue weighted by Gasteiger charge is -2.21. The van der Waals surface area contributed by atoms with Gasteiger partial charge >= 0.3 is 0 Å². The summed E-state index contributed by atoms with van der Waals surface area (Å²) in [6, 6.07) is 15.7. The Morgan fingerprint density at radius 3 is 2.48 bits per heavy atom. The van der Waals surface area contributed by atoms with Gasteiger partial charge in [0.25, 0.3) is 0 Å². The standard InChI is InChI=1S/C22H22BrNS/c23-16-9-10-22-18(11-16)20-14-24(12-15-5-1-2-6-15)13-19(20)17-7-3-4-8-21(17)25-22/h3-4,7-11,15H,1-2,5-6,12-14H2. The smallest absolute Gasteiger partial charge is 0.0247 e. The fourth-order valence-corrected chi connectivity index (χ4v) is 6.10. The normalized spacial score (nSPS) is 20.4. The van der Waals surface area contributed by atoms with E-state index in [4.69, 9.17) is 0 Å². The van der Waals surface area contributed by atoms with Crippen LogP contribution in [0.5, 0.6) is 0 Å². The predicted octanol–water partition coefficient (Wildman–Crippen LogP) is 6.33. The van der Waals surface area contributed by atoms with E-state index < -0.39 is 0 Å². The van der Waals surface area contributed by atoms with Crippen LogP contribution in [0.15, 0.2) is 56.7 Å². The second-order valence-electron chi connectivity index (χ2n) is 7.52. The number of halogens is 1. The summed E-state index contributed by atoms with van der Waals surface area (Å²) in [7, 11) is 0. The van der Waals surface area contributed by atoms with E-state index in [-0.39, 0.29) is 0 Å². The van der Waals surface area contributed by atoms with Crippen LogP contribution in [0.1, 0.15) is 36.8 Å². The lowest BCUT2D eigenvalue weighted by atomic mass is 9.97. The molecule has 0 radical (unpaired) electrons. The van der Waals surface area contributed by atoms with Gasteiger partial charge in [0.05, 0.1) is 0 Å². The Labute approximate surface area is 162 Å². The molecule has 5 rings (SSSR count). The maximum atomic E-state index is 3.69. The maximum absolute atomic E-state index is 3.69. The highest BCUT2D eigenvalue weighted by Gasteiger charge is 2.31. The van der Waals surface area contributed by atoms with Gasteiger partial charge in [0.2, 0.25) is 0 Å². The van der Waals surface area contributed by atoms with E-state index in [0.29, 0.717) is 0 Å². The zero-order valence-electron chi connectivity index (χ0n) is 14.3. The largest absolute Gasteiger partial charge is 0.294 e. The van der Waals surface area contributed by atoms with E-state index in [0.717, 1.165) is 19.0 Å². The average Bonchev–Trinajstić information content (AvgIpc) is 3.25. The molecule has 128 valence electrons. The third-order valence-electron chi connectivity index (χ3n) is 5.82. The van der Waals surface area contributed by atoms with E-state index in [1.807, 2.05) is 11.8 Å². The molecule has 2 heterocycles. The lowest BCUT2D eigenvalue weighted by Crippen LogP contribution is -2.27. The number of benzene rings is 2. The summed E-state index contributed by atoms with van der Waals surface area (Å²) in [6.45, 7) is 3.48. The molecule has 0 unspecified atom stereocenters. The molecule has 0 N–H and O–H groups in total. The molecule has 0 aromatic heterocycles. The van der Waals surface area contributed by atoms with Crippen molar-refractivity contribution in [3.05, 3.63) is 58.1 Å². The first kappa shape index (κ1) is 16.2. The summed E-state index contributed by atoms with van der Waals surface area (Å²) < 4.78 is 1.18. The van der Waals surface area contributed by atoms with Gasteiger partial charge in [-0.1, -0.05) is 58.7 Å². The van der Waals surface area contributed by atoms with E-state index in [9.17, 15) is 0 Å². The van der Waals surface area contributed by atoms with Crippen LogP contribution in [0.25, 0.3) is 11.1 Å². The average molecular weight is 412 g/mol. The summed E-state index contributed by atoms with van der Waals surface area (Å²) in [5.41, 5.74) is 5.98. The minimum Gasteiger partial charge on any atom is -0.294 e. The van der Waals surface area contributed by atoms with Crippen LogP contribution >= 0.6 is 27.7 Å². The van der Waals surface area contributed by atoms with Crippen molar-refractivity contribution in [1.29, 1.82) is 0 Å². The third-order valence-corrected chi connectivity index (χ3v) is 7.46. The monoisotopic (exact) mass is 411 g/mol. The van der Waals surface area contributed by atoms with Crippen LogP contribution in [0, 0.1) is 5.92 Å². The first-order valence-electron chi connectivity index (χ1n) is 9.29. The second-order valence-corrected chi connectivity index (χ2v) is 9.52. The van der Waals surface area contributed by atoms with E-state index >= 15 is 0 Å². The molecule has 0 spiro atoms. The molecule has 0 atom stereocenters. The molecule has 0 amide bonds.